The van der Waals surface area contributed by atoms with Crippen molar-refractivity contribution in [2.45, 2.75) is 12.5 Å². The van der Waals surface area contributed by atoms with E-state index in [1.165, 1.54) is 18.2 Å². The highest BCUT2D eigenvalue weighted by molar-refractivity contribution is 5.28. The molecule has 66 valence electrons. The van der Waals surface area contributed by atoms with Gasteiger partial charge in [-0.3, -0.25) is 0 Å². The molecule has 0 aromatic heterocycles. The SMILES string of the molecule is Oc1cccc(C(O)C(F)F)c1. The molecule has 2 N–H and O–H groups in total. The van der Waals surface area contributed by atoms with Gasteiger partial charge in [-0.05, 0) is 17.7 Å². The molecule has 12 heavy (non-hydrogen) atoms. The molecular formula is C8H8F2O2. The Balaban J connectivity index is 2.88. The molecule has 0 bridgehead atoms. The second-order valence-corrected chi connectivity index (χ2v) is 2.37. The molecule has 0 heterocycles. The zero-order valence-corrected chi connectivity index (χ0v) is 6.11. The van der Waals surface area contributed by atoms with E-state index in [1.807, 2.05) is 0 Å². The minimum absolute atomic E-state index is 0.0185. The summed E-state index contributed by atoms with van der Waals surface area (Å²) in [6.07, 6.45) is -4.65. The van der Waals surface area contributed by atoms with E-state index in [2.05, 4.69) is 0 Å². The van der Waals surface area contributed by atoms with Crippen LogP contribution in [-0.4, -0.2) is 16.6 Å². The maximum Gasteiger partial charge on any atom is 0.268 e. The van der Waals surface area contributed by atoms with Crippen LogP contribution < -0.4 is 0 Å². The topological polar surface area (TPSA) is 40.5 Å². The van der Waals surface area contributed by atoms with E-state index in [-0.39, 0.29) is 11.3 Å². The van der Waals surface area contributed by atoms with Crippen molar-refractivity contribution in [3.63, 3.8) is 0 Å². The van der Waals surface area contributed by atoms with Crippen molar-refractivity contribution < 1.29 is 19.0 Å². The first-order valence-corrected chi connectivity index (χ1v) is 3.36. The number of halogens is 2. The fourth-order valence-corrected chi connectivity index (χ4v) is 0.854. The molecule has 1 unspecified atom stereocenters. The number of aliphatic hydroxyl groups excluding tert-OH is 1. The Hall–Kier alpha value is -1.16. The highest BCUT2D eigenvalue weighted by Gasteiger charge is 2.18. The zero-order chi connectivity index (χ0) is 9.14. The quantitative estimate of drug-likeness (QED) is 0.716. The summed E-state index contributed by atoms with van der Waals surface area (Å²) in [5, 5.41) is 17.7. The molecule has 0 saturated carbocycles. The normalized spacial score (nSPS) is 13.3. The van der Waals surface area contributed by atoms with Gasteiger partial charge >= 0.3 is 0 Å². The first kappa shape index (κ1) is 8.93. The Morgan fingerprint density at radius 2 is 1.92 bits per heavy atom. The minimum atomic E-state index is -2.83. The van der Waals surface area contributed by atoms with Crippen LogP contribution in [0.2, 0.25) is 0 Å². The number of phenols is 1. The zero-order valence-electron chi connectivity index (χ0n) is 6.11. The van der Waals surface area contributed by atoms with Crippen molar-refractivity contribution in [1.82, 2.24) is 0 Å². The molecule has 4 heteroatoms. The lowest BCUT2D eigenvalue weighted by Crippen LogP contribution is -2.07. The standard InChI is InChI=1S/C8H8F2O2/c9-8(10)7(12)5-2-1-3-6(11)4-5/h1-4,7-8,11-12H. The first-order chi connectivity index (χ1) is 5.61. The van der Waals surface area contributed by atoms with Gasteiger partial charge in [0.2, 0.25) is 0 Å². The van der Waals surface area contributed by atoms with Gasteiger partial charge in [0.25, 0.3) is 6.43 Å². The fourth-order valence-electron chi connectivity index (χ4n) is 0.854. The molecule has 1 atom stereocenters. The van der Waals surface area contributed by atoms with Crippen LogP contribution in [0, 0.1) is 0 Å². The molecule has 0 amide bonds. The molecule has 0 aliphatic rings. The molecule has 1 rings (SSSR count). The van der Waals surface area contributed by atoms with Gasteiger partial charge < -0.3 is 10.2 Å². The lowest BCUT2D eigenvalue weighted by Gasteiger charge is -2.08. The van der Waals surface area contributed by atoms with Crippen molar-refractivity contribution >= 4 is 0 Å². The Labute approximate surface area is 68.1 Å². The summed E-state index contributed by atoms with van der Waals surface area (Å²) in [4.78, 5) is 0. The van der Waals surface area contributed by atoms with Crippen molar-refractivity contribution in [1.29, 1.82) is 0 Å². The summed E-state index contributed by atoms with van der Waals surface area (Å²) in [7, 11) is 0. The smallest absolute Gasteiger partial charge is 0.268 e. The summed E-state index contributed by atoms with van der Waals surface area (Å²) >= 11 is 0. The number of aromatic hydroxyl groups is 1. The highest BCUT2D eigenvalue weighted by Crippen LogP contribution is 2.22. The number of hydrogen-bond acceptors (Lipinski definition) is 2. The van der Waals surface area contributed by atoms with Crippen LogP contribution in [0.3, 0.4) is 0 Å². The van der Waals surface area contributed by atoms with Gasteiger partial charge in [-0.1, -0.05) is 12.1 Å². The molecule has 0 radical (unpaired) electrons. The lowest BCUT2D eigenvalue weighted by molar-refractivity contribution is -0.00586. The van der Waals surface area contributed by atoms with Gasteiger partial charge in [-0.25, -0.2) is 8.78 Å². The van der Waals surface area contributed by atoms with Crippen LogP contribution in [0.25, 0.3) is 0 Å². The molecule has 2 nitrogen and oxygen atoms in total. The van der Waals surface area contributed by atoms with Crippen LogP contribution in [0.15, 0.2) is 24.3 Å². The molecule has 1 aromatic carbocycles. The van der Waals surface area contributed by atoms with Gasteiger partial charge in [0, 0.05) is 0 Å². The third-order valence-corrected chi connectivity index (χ3v) is 1.45. The van der Waals surface area contributed by atoms with Crippen LogP contribution in [0.5, 0.6) is 5.75 Å². The predicted molar refractivity (Wildman–Crippen MR) is 39.1 cm³/mol. The van der Waals surface area contributed by atoms with Gasteiger partial charge in [0.1, 0.15) is 11.9 Å². The minimum Gasteiger partial charge on any atom is -0.508 e. The van der Waals surface area contributed by atoms with E-state index in [4.69, 9.17) is 10.2 Å². The van der Waals surface area contributed by atoms with Crippen LogP contribution in [0.1, 0.15) is 11.7 Å². The van der Waals surface area contributed by atoms with Crippen molar-refractivity contribution in [2.24, 2.45) is 0 Å². The number of alkyl halides is 2. The van der Waals surface area contributed by atoms with E-state index >= 15 is 0 Å². The predicted octanol–water partition coefficient (Wildman–Crippen LogP) is 1.69. The van der Waals surface area contributed by atoms with Crippen molar-refractivity contribution in [3.05, 3.63) is 29.8 Å². The molecular weight excluding hydrogens is 166 g/mol. The fraction of sp³-hybridized carbons (Fsp3) is 0.250. The van der Waals surface area contributed by atoms with Gasteiger partial charge in [-0.15, -0.1) is 0 Å². The molecule has 1 aromatic rings. The second kappa shape index (κ2) is 3.49. The van der Waals surface area contributed by atoms with Crippen molar-refractivity contribution in [2.75, 3.05) is 0 Å². The summed E-state index contributed by atoms with van der Waals surface area (Å²) in [6, 6.07) is 5.19. The number of phenolic OH excluding ortho intramolecular Hbond substituents is 1. The summed E-state index contributed by atoms with van der Waals surface area (Å²) in [5.41, 5.74) is 0.0185. The largest absolute Gasteiger partial charge is 0.508 e. The van der Waals surface area contributed by atoms with E-state index in [1.54, 1.807) is 0 Å². The van der Waals surface area contributed by atoms with Gasteiger partial charge in [0.05, 0.1) is 0 Å². The Bertz CT molecular complexity index is 263. The summed E-state index contributed by atoms with van der Waals surface area (Å²) in [6.45, 7) is 0. The van der Waals surface area contributed by atoms with Crippen LogP contribution in [-0.2, 0) is 0 Å². The number of rotatable bonds is 2. The van der Waals surface area contributed by atoms with Crippen LogP contribution in [0.4, 0.5) is 8.78 Å². The number of benzene rings is 1. The van der Waals surface area contributed by atoms with Gasteiger partial charge in [-0.2, -0.15) is 0 Å². The maximum absolute atomic E-state index is 11.9. The lowest BCUT2D eigenvalue weighted by atomic mass is 10.1. The average Bonchev–Trinajstić information content (AvgIpc) is 2.03. The monoisotopic (exact) mass is 174 g/mol. The summed E-state index contributed by atoms with van der Waals surface area (Å²) < 4.78 is 23.8. The van der Waals surface area contributed by atoms with E-state index in [0.717, 1.165) is 6.07 Å². The molecule has 0 fully saturated rings. The molecule has 0 aliphatic heterocycles. The number of hydrogen-bond donors (Lipinski definition) is 2. The molecule has 0 saturated heterocycles. The Kier molecular flexibility index (Phi) is 2.60. The summed E-state index contributed by atoms with van der Waals surface area (Å²) in [5.74, 6) is -0.132. The Morgan fingerprint density at radius 1 is 1.25 bits per heavy atom. The maximum atomic E-state index is 11.9. The van der Waals surface area contributed by atoms with Crippen LogP contribution >= 0.6 is 0 Å². The number of aliphatic hydroxyl groups is 1. The second-order valence-electron chi connectivity index (χ2n) is 2.37. The van der Waals surface area contributed by atoms with E-state index in [9.17, 15) is 8.78 Å². The average molecular weight is 174 g/mol. The third kappa shape index (κ3) is 1.92. The van der Waals surface area contributed by atoms with Crippen molar-refractivity contribution in [3.8, 4) is 5.75 Å². The third-order valence-electron chi connectivity index (χ3n) is 1.45. The molecule has 0 aliphatic carbocycles. The van der Waals surface area contributed by atoms with E-state index < -0.39 is 12.5 Å². The molecule has 0 spiro atoms. The van der Waals surface area contributed by atoms with E-state index in [0.29, 0.717) is 0 Å². The first-order valence-electron chi connectivity index (χ1n) is 3.36. The highest BCUT2D eigenvalue weighted by atomic mass is 19.3. The Morgan fingerprint density at radius 3 is 2.42 bits per heavy atom. The van der Waals surface area contributed by atoms with Gasteiger partial charge in [0.15, 0.2) is 0 Å².